The van der Waals surface area contributed by atoms with Crippen LogP contribution in [0.1, 0.15) is 47.2 Å². The first kappa shape index (κ1) is 16.4. The van der Waals surface area contributed by atoms with Crippen molar-refractivity contribution in [2.24, 2.45) is 0 Å². The molecule has 126 valence electrons. The van der Waals surface area contributed by atoms with E-state index in [2.05, 4.69) is 5.32 Å². The number of imide groups is 1. The number of carbonyl (C=O) groups is 3. The molecule has 1 fully saturated rings. The summed E-state index contributed by atoms with van der Waals surface area (Å²) in [5, 5.41) is 11.1. The third-order valence-corrected chi connectivity index (χ3v) is 4.44. The van der Waals surface area contributed by atoms with Gasteiger partial charge in [0.2, 0.25) is 11.8 Å². The third kappa shape index (κ3) is 3.10. The Kier molecular flexibility index (Phi) is 4.76. The summed E-state index contributed by atoms with van der Waals surface area (Å²) in [6.07, 6.45) is 6.02. The van der Waals surface area contributed by atoms with Crippen LogP contribution in [0, 0.1) is 0 Å². The van der Waals surface area contributed by atoms with Gasteiger partial charge in [-0.25, -0.2) is 0 Å². The van der Waals surface area contributed by atoms with Gasteiger partial charge in [-0.3, -0.25) is 19.7 Å². The van der Waals surface area contributed by atoms with E-state index in [4.69, 9.17) is 5.11 Å². The monoisotopic (exact) mass is 328 g/mol. The Labute approximate surface area is 140 Å². The van der Waals surface area contributed by atoms with Gasteiger partial charge in [-0.05, 0) is 36.5 Å². The lowest BCUT2D eigenvalue weighted by atomic mass is 10.0. The summed E-state index contributed by atoms with van der Waals surface area (Å²) < 4.78 is 0. The quantitative estimate of drug-likeness (QED) is 0.629. The van der Waals surface area contributed by atoms with Crippen molar-refractivity contribution in [2.75, 3.05) is 6.61 Å². The molecular weight excluding hydrogens is 308 g/mol. The van der Waals surface area contributed by atoms with Crippen LogP contribution in [0.2, 0.25) is 0 Å². The van der Waals surface area contributed by atoms with Crippen molar-refractivity contribution in [1.82, 2.24) is 10.2 Å². The number of piperidine rings is 1. The van der Waals surface area contributed by atoms with Crippen molar-refractivity contribution in [1.29, 1.82) is 0 Å². The Morgan fingerprint density at radius 1 is 1.29 bits per heavy atom. The Morgan fingerprint density at radius 2 is 2.12 bits per heavy atom. The summed E-state index contributed by atoms with van der Waals surface area (Å²) in [5.74, 6) is -0.842. The molecule has 2 aliphatic rings. The lowest BCUT2D eigenvalue weighted by Crippen LogP contribution is -2.52. The van der Waals surface area contributed by atoms with Crippen LogP contribution in [-0.4, -0.2) is 40.4 Å². The van der Waals surface area contributed by atoms with Gasteiger partial charge >= 0.3 is 0 Å². The number of carbonyl (C=O) groups excluding carboxylic acids is 3. The van der Waals surface area contributed by atoms with Gasteiger partial charge in [0.05, 0.1) is 0 Å². The van der Waals surface area contributed by atoms with Crippen molar-refractivity contribution < 1.29 is 19.5 Å². The maximum atomic E-state index is 12.7. The zero-order chi connectivity index (χ0) is 17.1. The molecule has 0 aliphatic carbocycles. The highest BCUT2D eigenvalue weighted by Gasteiger charge is 2.39. The average molecular weight is 328 g/mol. The second kappa shape index (κ2) is 6.97. The second-order valence-corrected chi connectivity index (χ2v) is 6.04. The van der Waals surface area contributed by atoms with Gasteiger partial charge in [-0.1, -0.05) is 24.3 Å². The molecule has 3 amide bonds. The third-order valence-electron chi connectivity index (χ3n) is 4.44. The Morgan fingerprint density at radius 3 is 2.88 bits per heavy atom. The van der Waals surface area contributed by atoms with Crippen molar-refractivity contribution in [3.8, 4) is 0 Å². The molecule has 6 nitrogen and oxygen atoms in total. The standard InChI is InChI=1S/C18H20N2O4/c21-10-3-1-2-5-12-6-4-7-13-14(12)11-20(18(13)24)15-8-9-16(22)19-17(15)23/h2,4-7,15,21H,1,3,8-11H2,(H,19,22,23)/b5-2+. The summed E-state index contributed by atoms with van der Waals surface area (Å²) in [6.45, 7) is 0.528. The first-order chi connectivity index (χ1) is 11.6. The van der Waals surface area contributed by atoms with Crippen LogP contribution >= 0.6 is 0 Å². The average Bonchev–Trinajstić information content (AvgIpc) is 2.89. The van der Waals surface area contributed by atoms with E-state index < -0.39 is 11.9 Å². The van der Waals surface area contributed by atoms with Crippen LogP contribution in [0.4, 0.5) is 0 Å². The lowest BCUT2D eigenvalue weighted by molar-refractivity contribution is -0.136. The Bertz CT molecular complexity index is 711. The molecule has 0 bridgehead atoms. The lowest BCUT2D eigenvalue weighted by Gasteiger charge is -2.29. The first-order valence-electron chi connectivity index (χ1n) is 8.15. The molecule has 0 aromatic heterocycles. The summed E-state index contributed by atoms with van der Waals surface area (Å²) in [7, 11) is 0. The normalized spacial score (nSPS) is 20.6. The highest BCUT2D eigenvalue weighted by Crippen LogP contribution is 2.30. The van der Waals surface area contributed by atoms with Crippen LogP contribution in [0.3, 0.4) is 0 Å². The minimum absolute atomic E-state index is 0.152. The molecule has 1 atom stereocenters. The number of nitrogens with one attached hydrogen (secondary N) is 1. The van der Waals surface area contributed by atoms with Crippen LogP contribution in [0.25, 0.3) is 6.08 Å². The predicted molar refractivity (Wildman–Crippen MR) is 87.8 cm³/mol. The van der Waals surface area contributed by atoms with E-state index in [0.717, 1.165) is 17.5 Å². The highest BCUT2D eigenvalue weighted by atomic mass is 16.3. The van der Waals surface area contributed by atoms with Crippen LogP contribution in [-0.2, 0) is 16.1 Å². The molecule has 2 heterocycles. The van der Waals surface area contributed by atoms with Crippen molar-refractivity contribution in [3.05, 3.63) is 41.0 Å². The Balaban J connectivity index is 1.81. The van der Waals surface area contributed by atoms with Crippen LogP contribution < -0.4 is 5.32 Å². The minimum atomic E-state index is -0.589. The molecule has 6 heteroatoms. The fourth-order valence-corrected chi connectivity index (χ4v) is 3.19. The van der Waals surface area contributed by atoms with Gasteiger partial charge < -0.3 is 10.0 Å². The number of fused-ring (bicyclic) bond motifs is 1. The molecule has 1 aromatic rings. The number of hydrogen-bond donors (Lipinski definition) is 2. The summed E-state index contributed by atoms with van der Waals surface area (Å²) >= 11 is 0. The molecule has 0 saturated carbocycles. The molecule has 1 saturated heterocycles. The topological polar surface area (TPSA) is 86.7 Å². The zero-order valence-electron chi connectivity index (χ0n) is 13.3. The predicted octanol–water partition coefficient (Wildman–Crippen LogP) is 1.23. The molecule has 3 rings (SSSR count). The van der Waals surface area contributed by atoms with Crippen molar-refractivity contribution >= 4 is 23.8 Å². The smallest absolute Gasteiger partial charge is 0.255 e. The Hall–Kier alpha value is -2.47. The molecule has 24 heavy (non-hydrogen) atoms. The molecule has 1 unspecified atom stereocenters. The maximum absolute atomic E-state index is 12.7. The zero-order valence-corrected chi connectivity index (χ0v) is 13.3. The van der Waals surface area contributed by atoms with Crippen LogP contribution in [0.15, 0.2) is 24.3 Å². The van der Waals surface area contributed by atoms with Gasteiger partial charge in [-0.2, -0.15) is 0 Å². The second-order valence-electron chi connectivity index (χ2n) is 6.04. The number of unbranched alkanes of at least 4 members (excludes halogenated alkanes) is 1. The SMILES string of the molecule is O=C1CCC(N2Cc3c(/C=C/CCCO)cccc3C2=O)C(=O)N1. The van der Waals surface area contributed by atoms with Gasteiger partial charge in [0.15, 0.2) is 0 Å². The fourth-order valence-electron chi connectivity index (χ4n) is 3.19. The van der Waals surface area contributed by atoms with Crippen molar-refractivity contribution in [2.45, 2.75) is 38.3 Å². The maximum Gasteiger partial charge on any atom is 0.255 e. The number of hydrogen-bond acceptors (Lipinski definition) is 4. The number of amides is 3. The minimum Gasteiger partial charge on any atom is -0.396 e. The van der Waals surface area contributed by atoms with E-state index in [-0.39, 0.29) is 24.8 Å². The largest absolute Gasteiger partial charge is 0.396 e. The van der Waals surface area contributed by atoms with Gasteiger partial charge in [0, 0.05) is 25.1 Å². The van der Waals surface area contributed by atoms with E-state index in [1.165, 1.54) is 0 Å². The number of allylic oxidation sites excluding steroid dienone is 1. The highest BCUT2D eigenvalue weighted by molar-refractivity contribution is 6.05. The van der Waals surface area contributed by atoms with E-state index in [9.17, 15) is 14.4 Å². The molecule has 1 aromatic carbocycles. The number of nitrogens with zero attached hydrogens (tertiary/aromatic N) is 1. The fraction of sp³-hybridized carbons (Fsp3) is 0.389. The number of benzene rings is 1. The number of aliphatic hydroxyl groups excluding tert-OH is 1. The van der Waals surface area contributed by atoms with Crippen LogP contribution in [0.5, 0.6) is 0 Å². The summed E-state index contributed by atoms with van der Waals surface area (Å²) in [4.78, 5) is 37.6. The van der Waals surface area contributed by atoms with Gasteiger partial charge in [0.25, 0.3) is 5.91 Å². The van der Waals surface area contributed by atoms with Crippen molar-refractivity contribution in [3.63, 3.8) is 0 Å². The van der Waals surface area contributed by atoms with Gasteiger partial charge in [-0.15, -0.1) is 0 Å². The molecule has 0 radical (unpaired) electrons. The van der Waals surface area contributed by atoms with Gasteiger partial charge in [0.1, 0.15) is 6.04 Å². The summed E-state index contributed by atoms with van der Waals surface area (Å²) in [6, 6.07) is 4.95. The molecular formula is C18H20N2O4. The molecule has 0 spiro atoms. The number of aliphatic hydroxyl groups is 1. The molecule has 2 N–H and O–H groups in total. The van der Waals surface area contributed by atoms with E-state index >= 15 is 0 Å². The molecule has 2 aliphatic heterocycles. The van der Waals surface area contributed by atoms with E-state index in [0.29, 0.717) is 24.9 Å². The first-order valence-corrected chi connectivity index (χ1v) is 8.15. The van der Waals surface area contributed by atoms with E-state index in [1.807, 2.05) is 24.3 Å². The van der Waals surface area contributed by atoms with E-state index in [1.54, 1.807) is 11.0 Å². The number of rotatable bonds is 5. The summed E-state index contributed by atoms with van der Waals surface area (Å²) in [5.41, 5.74) is 2.48.